The molecule has 4 atom stereocenters. The molecule has 0 heterocycles. The van der Waals surface area contributed by atoms with Gasteiger partial charge < -0.3 is 9.84 Å². The highest BCUT2D eigenvalue weighted by Crippen LogP contribution is 2.35. The fourth-order valence-corrected chi connectivity index (χ4v) is 2.82. The lowest BCUT2D eigenvalue weighted by Crippen LogP contribution is -2.42. The molecule has 1 fully saturated rings. The van der Waals surface area contributed by atoms with Crippen LogP contribution in [0.1, 0.15) is 24.3 Å². The Morgan fingerprint density at radius 2 is 2.11 bits per heavy atom. The molecule has 0 saturated heterocycles. The third-order valence-corrected chi connectivity index (χ3v) is 3.92. The maximum atomic E-state index is 12.2. The molecule has 0 spiro atoms. The number of hydrogen-bond donors (Lipinski definition) is 1. The van der Waals surface area contributed by atoms with Crippen molar-refractivity contribution in [3.63, 3.8) is 0 Å². The predicted octanol–water partition coefficient (Wildman–Crippen LogP) is 2.31. The van der Waals surface area contributed by atoms with E-state index in [9.17, 15) is 9.90 Å². The van der Waals surface area contributed by atoms with Crippen LogP contribution in [0.5, 0.6) is 0 Å². The second-order valence-electron chi connectivity index (χ2n) is 5.03. The largest absolute Gasteiger partial charge is 0.390 e. The molecule has 0 unspecified atom stereocenters. The van der Waals surface area contributed by atoms with E-state index in [0.29, 0.717) is 6.42 Å². The Hall–Kier alpha value is -1.45. The minimum atomic E-state index is -0.584. The van der Waals surface area contributed by atoms with Crippen molar-refractivity contribution < 1.29 is 14.6 Å². The Morgan fingerprint density at radius 1 is 1.42 bits per heavy atom. The molecule has 0 aromatic heterocycles. The highest BCUT2D eigenvalue weighted by molar-refractivity contribution is 5.83. The second kappa shape index (κ2) is 6.13. The minimum absolute atomic E-state index is 0.0406. The van der Waals surface area contributed by atoms with Crippen LogP contribution in [0.4, 0.5) is 0 Å². The third-order valence-electron chi connectivity index (χ3n) is 3.92. The van der Waals surface area contributed by atoms with Gasteiger partial charge in [-0.15, -0.1) is 6.58 Å². The number of carbonyl (C=O) groups is 1. The zero-order chi connectivity index (χ0) is 13.8. The maximum absolute atomic E-state index is 12.2. The van der Waals surface area contributed by atoms with Gasteiger partial charge in [0.1, 0.15) is 5.78 Å². The van der Waals surface area contributed by atoms with Crippen LogP contribution in [0.15, 0.2) is 43.0 Å². The van der Waals surface area contributed by atoms with E-state index in [1.54, 1.807) is 6.08 Å². The molecule has 2 rings (SSSR count). The van der Waals surface area contributed by atoms with Crippen LogP contribution in [0.2, 0.25) is 0 Å². The Kier molecular flexibility index (Phi) is 4.51. The van der Waals surface area contributed by atoms with Gasteiger partial charge in [-0.25, -0.2) is 0 Å². The molecule has 0 amide bonds. The Morgan fingerprint density at radius 3 is 2.68 bits per heavy atom. The van der Waals surface area contributed by atoms with E-state index in [0.717, 1.165) is 5.56 Å². The average molecular weight is 260 g/mol. The summed E-state index contributed by atoms with van der Waals surface area (Å²) in [5.41, 5.74) is 1.07. The Balaban J connectivity index is 2.20. The fourth-order valence-electron chi connectivity index (χ4n) is 2.82. The van der Waals surface area contributed by atoms with E-state index in [4.69, 9.17) is 4.74 Å². The summed E-state index contributed by atoms with van der Waals surface area (Å²) in [6.45, 7) is 3.85. The van der Waals surface area contributed by atoms with Crippen molar-refractivity contribution in [3.05, 3.63) is 48.6 Å². The highest BCUT2D eigenvalue weighted by Gasteiger charge is 2.38. The Bertz CT molecular complexity index is 441. The number of ether oxygens (including phenoxy) is 1. The first-order valence-corrected chi connectivity index (χ1v) is 6.58. The second-order valence-corrected chi connectivity index (χ2v) is 5.03. The van der Waals surface area contributed by atoms with E-state index in [1.165, 1.54) is 7.11 Å². The molecule has 1 aromatic rings. The molecule has 1 N–H and O–H groups in total. The average Bonchev–Trinajstić information content (AvgIpc) is 2.44. The summed E-state index contributed by atoms with van der Waals surface area (Å²) in [7, 11) is 1.53. The first kappa shape index (κ1) is 14.0. The van der Waals surface area contributed by atoms with Crippen molar-refractivity contribution >= 4 is 5.78 Å². The molecule has 1 aromatic carbocycles. The third kappa shape index (κ3) is 2.94. The molecule has 1 aliphatic rings. The van der Waals surface area contributed by atoms with Crippen LogP contribution in [-0.2, 0) is 9.53 Å². The summed E-state index contributed by atoms with van der Waals surface area (Å²) in [5.74, 6) is -0.103. The van der Waals surface area contributed by atoms with Crippen molar-refractivity contribution in [2.75, 3.05) is 7.11 Å². The number of Topliss-reactive ketones (excluding diaryl/α,β-unsaturated/α-hetero) is 1. The maximum Gasteiger partial charge on any atom is 0.139 e. The van der Waals surface area contributed by atoms with Gasteiger partial charge in [0.15, 0.2) is 0 Å². The number of methoxy groups -OCH3 is 1. The smallest absolute Gasteiger partial charge is 0.139 e. The van der Waals surface area contributed by atoms with Crippen molar-refractivity contribution in [2.45, 2.75) is 31.0 Å². The first-order valence-electron chi connectivity index (χ1n) is 6.58. The Labute approximate surface area is 113 Å². The van der Waals surface area contributed by atoms with E-state index >= 15 is 0 Å². The standard InChI is InChI=1S/C16H20O3/c1-3-12(11-7-5-4-6-8-11)13-9-15(18)16(19-2)10-14(13)17/h3-8,12-13,15-16,18H,1,9-10H2,2H3/t12-,13+,15-,16+/m1/s1. The lowest BCUT2D eigenvalue weighted by Gasteiger charge is -2.34. The molecule has 1 aliphatic carbocycles. The molecule has 3 heteroatoms. The number of aliphatic hydroxyl groups is 1. The summed E-state index contributed by atoms with van der Waals surface area (Å²) in [6.07, 6.45) is 1.56. The van der Waals surface area contributed by atoms with E-state index in [-0.39, 0.29) is 30.1 Å². The monoisotopic (exact) mass is 260 g/mol. The van der Waals surface area contributed by atoms with Gasteiger partial charge in [-0.05, 0) is 12.0 Å². The van der Waals surface area contributed by atoms with Crippen LogP contribution in [-0.4, -0.2) is 30.2 Å². The van der Waals surface area contributed by atoms with Gasteiger partial charge >= 0.3 is 0 Å². The summed E-state index contributed by atoms with van der Waals surface area (Å²) >= 11 is 0. The van der Waals surface area contributed by atoms with Gasteiger partial charge in [-0.2, -0.15) is 0 Å². The molecule has 1 saturated carbocycles. The molecular formula is C16H20O3. The topological polar surface area (TPSA) is 46.5 Å². The van der Waals surface area contributed by atoms with Gasteiger partial charge in [0.05, 0.1) is 12.2 Å². The molecular weight excluding hydrogens is 240 g/mol. The van der Waals surface area contributed by atoms with E-state index in [1.807, 2.05) is 30.3 Å². The van der Waals surface area contributed by atoms with Crippen molar-refractivity contribution in [1.82, 2.24) is 0 Å². The van der Waals surface area contributed by atoms with Gasteiger partial charge in [0.2, 0.25) is 0 Å². The molecule has 3 nitrogen and oxygen atoms in total. The van der Waals surface area contributed by atoms with E-state index in [2.05, 4.69) is 6.58 Å². The van der Waals surface area contributed by atoms with Gasteiger partial charge in [0.25, 0.3) is 0 Å². The lowest BCUT2D eigenvalue weighted by molar-refractivity contribution is -0.136. The van der Waals surface area contributed by atoms with Crippen molar-refractivity contribution in [1.29, 1.82) is 0 Å². The van der Waals surface area contributed by atoms with Gasteiger partial charge in [0, 0.05) is 25.4 Å². The lowest BCUT2D eigenvalue weighted by atomic mass is 9.74. The van der Waals surface area contributed by atoms with Gasteiger partial charge in [-0.3, -0.25) is 4.79 Å². The number of aliphatic hydroxyl groups excluding tert-OH is 1. The summed E-state index contributed by atoms with van der Waals surface area (Å²) in [6, 6.07) is 9.84. The number of benzene rings is 1. The highest BCUT2D eigenvalue weighted by atomic mass is 16.5. The normalized spacial score (nSPS) is 28.9. The molecule has 102 valence electrons. The summed E-state index contributed by atoms with van der Waals surface area (Å²) < 4.78 is 5.14. The minimum Gasteiger partial charge on any atom is -0.390 e. The van der Waals surface area contributed by atoms with Crippen LogP contribution in [0, 0.1) is 5.92 Å². The molecule has 0 radical (unpaired) electrons. The number of carbonyl (C=O) groups excluding carboxylic acids is 1. The summed E-state index contributed by atoms with van der Waals surface area (Å²) in [4.78, 5) is 12.2. The van der Waals surface area contributed by atoms with Crippen LogP contribution >= 0.6 is 0 Å². The van der Waals surface area contributed by atoms with E-state index < -0.39 is 6.10 Å². The number of rotatable bonds is 4. The summed E-state index contributed by atoms with van der Waals surface area (Å²) in [5, 5.41) is 10.0. The van der Waals surface area contributed by atoms with Crippen molar-refractivity contribution in [2.24, 2.45) is 5.92 Å². The molecule has 19 heavy (non-hydrogen) atoms. The quantitative estimate of drug-likeness (QED) is 0.845. The SMILES string of the molecule is C=C[C@H](c1ccccc1)[C@@H]1C[C@@H](O)[C@@H](OC)CC1=O. The van der Waals surface area contributed by atoms with Crippen LogP contribution in [0.3, 0.4) is 0 Å². The first-order chi connectivity index (χ1) is 9.17. The van der Waals surface area contributed by atoms with Crippen LogP contribution < -0.4 is 0 Å². The molecule has 0 aliphatic heterocycles. The zero-order valence-electron chi connectivity index (χ0n) is 11.2. The van der Waals surface area contributed by atoms with Gasteiger partial charge in [-0.1, -0.05) is 36.4 Å². The number of allylic oxidation sites excluding steroid dienone is 1. The predicted molar refractivity (Wildman–Crippen MR) is 73.9 cm³/mol. The van der Waals surface area contributed by atoms with Crippen molar-refractivity contribution in [3.8, 4) is 0 Å². The van der Waals surface area contributed by atoms with Crippen LogP contribution in [0.25, 0.3) is 0 Å². The zero-order valence-corrected chi connectivity index (χ0v) is 11.2. The molecule has 0 bridgehead atoms. The fraction of sp³-hybridized carbons (Fsp3) is 0.438. The number of hydrogen-bond acceptors (Lipinski definition) is 3. The number of ketones is 1.